The standard InChI is InChI=1S/C45H51FN5O7PS/c1-3-23-57-45(55)29(2)49-59(56,58-35-17-8-5-9-18-35)41(46)31-21-22-39-32(24-31)25-40(60-39)42(52)48-37-19-11-10-15-34-16-12-20-38(51(34)43(37)53)44(54)50-27-33(26-47)36(28-50)30-13-6-4-7-14-30/h4-9,13-14,17-18,21-22,24-25,29,33-34,36-38,41H,3,10-12,15-16,19-20,23,27-28H2,1-2H3,(H,48,52)(H,49,56)/t29-,33?,34-,36-,37-,38-,41?,59?/m0/s1. The van der Waals surface area contributed by atoms with E-state index in [1.54, 1.807) is 40.1 Å². The number of hydrogen-bond acceptors (Lipinski definition) is 9. The number of nitrogens with zero attached hydrogens (tertiary/aromatic N) is 3. The first-order valence-corrected chi connectivity index (χ1v) is 23.3. The molecular formula is C45H51FN5O7PS. The predicted octanol–water partition coefficient (Wildman–Crippen LogP) is 8.26. The topological polar surface area (TPSA) is 158 Å². The Hall–Kier alpha value is -5.09. The van der Waals surface area contributed by atoms with Gasteiger partial charge < -0.3 is 24.4 Å². The molecule has 3 aliphatic rings. The summed E-state index contributed by atoms with van der Waals surface area (Å²) in [5.74, 6) is -4.10. The summed E-state index contributed by atoms with van der Waals surface area (Å²) in [5, 5.41) is 16.1. The van der Waals surface area contributed by atoms with Crippen molar-refractivity contribution in [2.45, 2.75) is 101 Å². The van der Waals surface area contributed by atoms with E-state index >= 15 is 4.39 Å². The van der Waals surface area contributed by atoms with Crippen LogP contribution in [0, 0.1) is 17.2 Å². The van der Waals surface area contributed by atoms with E-state index in [1.807, 2.05) is 37.3 Å². The van der Waals surface area contributed by atoms with Gasteiger partial charge in [0, 0.05) is 29.7 Å². The van der Waals surface area contributed by atoms with Crippen molar-refractivity contribution in [3.8, 4) is 11.8 Å². The zero-order valence-corrected chi connectivity index (χ0v) is 35.5. The second-order valence-electron chi connectivity index (χ2n) is 15.9. The summed E-state index contributed by atoms with van der Waals surface area (Å²) < 4.78 is 42.5. The first-order chi connectivity index (χ1) is 29.0. The third kappa shape index (κ3) is 9.44. The van der Waals surface area contributed by atoms with Crippen molar-refractivity contribution in [2.24, 2.45) is 5.92 Å². The van der Waals surface area contributed by atoms with Gasteiger partial charge in [0.25, 0.3) is 5.91 Å². The molecule has 0 aliphatic carbocycles. The molecule has 0 spiro atoms. The Labute approximate surface area is 353 Å². The van der Waals surface area contributed by atoms with Gasteiger partial charge in [-0.3, -0.25) is 23.7 Å². The molecule has 3 unspecified atom stereocenters. The number of halogens is 1. The number of amides is 3. The fourth-order valence-electron chi connectivity index (χ4n) is 8.64. The number of likely N-dealkylation sites (tertiary alicyclic amines) is 1. The van der Waals surface area contributed by atoms with Crippen LogP contribution in [0.3, 0.4) is 0 Å². The number of carbonyl (C=O) groups is 4. The lowest BCUT2D eigenvalue weighted by atomic mass is 9.88. The van der Waals surface area contributed by atoms with Gasteiger partial charge in [-0.25, -0.2) is 9.48 Å². The zero-order chi connectivity index (χ0) is 42.4. The molecule has 7 rings (SSSR count). The lowest BCUT2D eigenvalue weighted by Crippen LogP contribution is -2.61. The van der Waals surface area contributed by atoms with Crippen LogP contribution in [0.5, 0.6) is 5.75 Å². The monoisotopic (exact) mass is 855 g/mol. The highest BCUT2D eigenvalue weighted by molar-refractivity contribution is 7.57. The molecule has 60 heavy (non-hydrogen) atoms. The van der Waals surface area contributed by atoms with Crippen LogP contribution in [0.15, 0.2) is 84.9 Å². The third-order valence-electron chi connectivity index (χ3n) is 11.7. The molecule has 4 aromatic rings. The Morgan fingerprint density at radius 1 is 0.967 bits per heavy atom. The molecule has 3 aliphatic heterocycles. The van der Waals surface area contributed by atoms with E-state index in [9.17, 15) is 29.0 Å². The highest BCUT2D eigenvalue weighted by Gasteiger charge is 2.46. The normalized spacial score (nSPS) is 23.9. The van der Waals surface area contributed by atoms with Gasteiger partial charge in [0.05, 0.1) is 23.5 Å². The molecule has 3 amide bonds. The zero-order valence-electron chi connectivity index (χ0n) is 33.8. The van der Waals surface area contributed by atoms with Crippen LogP contribution in [0.2, 0.25) is 0 Å². The highest BCUT2D eigenvalue weighted by atomic mass is 32.1. The summed E-state index contributed by atoms with van der Waals surface area (Å²) in [6.45, 7) is 4.14. The van der Waals surface area contributed by atoms with Gasteiger partial charge in [0.1, 0.15) is 23.9 Å². The van der Waals surface area contributed by atoms with Gasteiger partial charge in [-0.1, -0.05) is 74.4 Å². The van der Waals surface area contributed by atoms with E-state index in [0.29, 0.717) is 47.3 Å². The molecule has 4 heterocycles. The van der Waals surface area contributed by atoms with Crippen LogP contribution in [0.4, 0.5) is 4.39 Å². The van der Waals surface area contributed by atoms with Gasteiger partial charge in [0.2, 0.25) is 17.7 Å². The van der Waals surface area contributed by atoms with Crippen LogP contribution in [-0.4, -0.2) is 77.4 Å². The second-order valence-corrected chi connectivity index (χ2v) is 19.1. The van der Waals surface area contributed by atoms with Gasteiger partial charge >= 0.3 is 13.5 Å². The summed E-state index contributed by atoms with van der Waals surface area (Å²) in [7, 11) is -4.46. The number of benzene rings is 3. The van der Waals surface area contributed by atoms with E-state index in [-0.39, 0.29) is 47.6 Å². The van der Waals surface area contributed by atoms with Gasteiger partial charge in [-0.2, -0.15) is 5.26 Å². The highest BCUT2D eigenvalue weighted by Crippen LogP contribution is 2.58. The molecule has 2 N–H and O–H groups in total. The van der Waals surface area contributed by atoms with Crippen LogP contribution in [0.25, 0.3) is 10.1 Å². The molecule has 8 atom stereocenters. The van der Waals surface area contributed by atoms with E-state index in [4.69, 9.17) is 9.26 Å². The van der Waals surface area contributed by atoms with Crippen molar-refractivity contribution in [2.75, 3.05) is 19.7 Å². The molecule has 15 heteroatoms. The number of fused-ring (bicyclic) bond motifs is 2. The second kappa shape index (κ2) is 19.1. The fourth-order valence-corrected chi connectivity index (χ4v) is 11.5. The van der Waals surface area contributed by atoms with Crippen molar-refractivity contribution in [3.63, 3.8) is 0 Å². The third-order valence-corrected chi connectivity index (χ3v) is 14.9. The predicted molar refractivity (Wildman–Crippen MR) is 227 cm³/mol. The van der Waals surface area contributed by atoms with Gasteiger partial charge in [0.15, 0.2) is 0 Å². The molecule has 12 nitrogen and oxygen atoms in total. The number of rotatable bonds is 13. The Morgan fingerprint density at radius 3 is 2.42 bits per heavy atom. The minimum absolute atomic E-state index is 0.0179. The smallest absolute Gasteiger partial charge is 0.355 e. The average Bonchev–Trinajstić information content (AvgIpc) is 3.90. The first kappa shape index (κ1) is 43.0. The number of hydrogen-bond donors (Lipinski definition) is 2. The number of carbonyl (C=O) groups excluding carboxylic acids is 4. The minimum atomic E-state index is -4.46. The van der Waals surface area contributed by atoms with Crippen molar-refractivity contribution in [1.82, 2.24) is 20.2 Å². The van der Waals surface area contributed by atoms with E-state index < -0.39 is 43.4 Å². The van der Waals surface area contributed by atoms with Crippen molar-refractivity contribution in [3.05, 3.63) is 101 Å². The van der Waals surface area contributed by atoms with Crippen LogP contribution in [-0.2, 0) is 23.7 Å². The number of esters is 1. The minimum Gasteiger partial charge on any atom is -0.465 e. The SMILES string of the molecule is CCCOC(=O)[C@H](C)NP(=O)(Oc1ccccc1)C(F)c1ccc2sc(C(=O)N[C@H]3CCCC[C@H]4CCC[C@@H](C(=O)N5CC(C#N)[C@H](c6ccccc6)C5)N4C3=O)cc2c1. The molecule has 3 saturated heterocycles. The Kier molecular flexibility index (Phi) is 13.7. The fraction of sp³-hybridized carbons (Fsp3) is 0.444. The van der Waals surface area contributed by atoms with E-state index in [2.05, 4.69) is 16.5 Å². The number of piperidine rings is 1. The molecule has 3 fully saturated rings. The largest absolute Gasteiger partial charge is 0.465 e. The number of alkyl halides is 1. The molecular weight excluding hydrogens is 805 g/mol. The average molecular weight is 856 g/mol. The van der Waals surface area contributed by atoms with E-state index in [0.717, 1.165) is 37.7 Å². The van der Waals surface area contributed by atoms with Crippen molar-refractivity contribution in [1.29, 1.82) is 5.26 Å². The molecule has 316 valence electrons. The van der Waals surface area contributed by atoms with Gasteiger partial charge in [-0.05, 0) is 92.3 Å². The summed E-state index contributed by atoms with van der Waals surface area (Å²) in [5.41, 5.74) is 1.03. The number of para-hydroxylation sites is 1. The maximum Gasteiger partial charge on any atom is 0.355 e. The maximum absolute atomic E-state index is 16.6. The summed E-state index contributed by atoms with van der Waals surface area (Å²) >= 11 is 1.18. The Balaban J connectivity index is 1.08. The summed E-state index contributed by atoms with van der Waals surface area (Å²) in [6.07, 6.45) is 5.45. The number of ether oxygens (including phenoxy) is 1. The number of nitriles is 1. The summed E-state index contributed by atoms with van der Waals surface area (Å²) in [4.78, 5) is 59.1. The summed E-state index contributed by atoms with van der Waals surface area (Å²) in [6, 6.07) is 23.7. The molecule has 3 aromatic carbocycles. The Bertz CT molecular complexity index is 2270. The maximum atomic E-state index is 16.6. The van der Waals surface area contributed by atoms with Crippen molar-refractivity contribution < 1.29 is 37.4 Å². The van der Waals surface area contributed by atoms with Gasteiger partial charge in [-0.15, -0.1) is 11.3 Å². The number of thiophene rings is 1. The Morgan fingerprint density at radius 2 is 1.68 bits per heavy atom. The molecule has 1 aromatic heterocycles. The molecule has 0 saturated carbocycles. The molecule has 0 bridgehead atoms. The van der Waals surface area contributed by atoms with Crippen LogP contribution in [0.1, 0.15) is 97.8 Å². The quantitative estimate of drug-likeness (QED) is 0.0998. The first-order valence-electron chi connectivity index (χ1n) is 20.8. The molecule has 0 radical (unpaired) electrons. The van der Waals surface area contributed by atoms with Crippen LogP contribution >= 0.6 is 18.9 Å². The number of nitrogens with one attached hydrogen (secondary N) is 2. The van der Waals surface area contributed by atoms with Crippen molar-refractivity contribution >= 4 is 52.6 Å². The van der Waals surface area contributed by atoms with E-state index in [1.165, 1.54) is 42.5 Å². The lowest BCUT2D eigenvalue weighted by Gasteiger charge is -2.45. The lowest BCUT2D eigenvalue weighted by molar-refractivity contribution is -0.152. The van der Waals surface area contributed by atoms with Crippen LogP contribution < -0.4 is 14.9 Å².